The van der Waals surface area contributed by atoms with Gasteiger partial charge in [0.1, 0.15) is 12.3 Å². The number of nitrogens with one attached hydrogen (secondary N) is 1. The van der Waals surface area contributed by atoms with Crippen LogP contribution in [-0.4, -0.2) is 27.3 Å². The Balaban J connectivity index is 1.69. The van der Waals surface area contributed by atoms with E-state index in [1.165, 1.54) is 0 Å². The first-order chi connectivity index (χ1) is 14.1. The minimum absolute atomic E-state index is 0.136. The number of aryl methyl sites for hydroxylation is 2. The van der Waals surface area contributed by atoms with Crippen LogP contribution in [0.2, 0.25) is 0 Å². The summed E-state index contributed by atoms with van der Waals surface area (Å²) in [5.41, 5.74) is 2.66. The lowest BCUT2D eigenvalue weighted by atomic mass is 10.0. The smallest absolute Gasteiger partial charge is 0.199 e. The first-order valence-corrected chi connectivity index (χ1v) is 10.2. The number of benzene rings is 1. The second-order valence-electron chi connectivity index (χ2n) is 6.53. The first kappa shape index (κ1) is 19.1. The third kappa shape index (κ3) is 3.73. The van der Waals surface area contributed by atoms with Gasteiger partial charge in [-0.3, -0.25) is 4.79 Å². The molecule has 0 radical (unpaired) electrons. The molecule has 0 aliphatic rings. The quantitative estimate of drug-likeness (QED) is 0.443. The Kier molecular flexibility index (Phi) is 5.31. The summed E-state index contributed by atoms with van der Waals surface area (Å²) in [5.74, 6) is 0.862. The normalized spacial score (nSPS) is 11.0. The van der Waals surface area contributed by atoms with Crippen molar-refractivity contribution in [1.29, 1.82) is 0 Å². The summed E-state index contributed by atoms with van der Waals surface area (Å²) < 4.78 is 11.9. The maximum Gasteiger partial charge on any atom is 0.199 e. The molecule has 7 heteroatoms. The van der Waals surface area contributed by atoms with E-state index in [4.69, 9.17) is 9.47 Å². The van der Waals surface area contributed by atoms with Crippen LogP contribution in [0.4, 0.5) is 0 Å². The molecule has 3 aromatic heterocycles. The lowest BCUT2D eigenvalue weighted by Gasteiger charge is -2.15. The number of pyridine rings is 1. The van der Waals surface area contributed by atoms with Crippen LogP contribution in [0.25, 0.3) is 11.0 Å². The second kappa shape index (κ2) is 8.05. The van der Waals surface area contributed by atoms with E-state index in [-0.39, 0.29) is 5.78 Å². The van der Waals surface area contributed by atoms with Crippen LogP contribution in [0.1, 0.15) is 38.4 Å². The SMILES string of the molecule is CCOc1c(OCc2sc(C)nc2C)cccc1C(=O)c1c[nH]c2ncccc12. The summed E-state index contributed by atoms with van der Waals surface area (Å²) >= 11 is 1.61. The first-order valence-electron chi connectivity index (χ1n) is 9.36. The van der Waals surface area contributed by atoms with E-state index in [0.717, 1.165) is 21.0 Å². The number of thiazole rings is 1. The van der Waals surface area contributed by atoms with Gasteiger partial charge in [0.2, 0.25) is 0 Å². The Bertz CT molecular complexity index is 1180. The third-order valence-electron chi connectivity index (χ3n) is 4.57. The van der Waals surface area contributed by atoms with Gasteiger partial charge in [-0.25, -0.2) is 9.97 Å². The van der Waals surface area contributed by atoms with Gasteiger partial charge in [0.15, 0.2) is 17.3 Å². The molecule has 4 aromatic rings. The number of ether oxygens (including phenoxy) is 2. The van der Waals surface area contributed by atoms with E-state index in [1.54, 1.807) is 29.8 Å². The van der Waals surface area contributed by atoms with Gasteiger partial charge in [-0.1, -0.05) is 6.07 Å². The van der Waals surface area contributed by atoms with E-state index in [2.05, 4.69) is 15.0 Å². The van der Waals surface area contributed by atoms with Gasteiger partial charge in [0.05, 0.1) is 27.7 Å². The van der Waals surface area contributed by atoms with Crippen molar-refractivity contribution in [3.8, 4) is 11.5 Å². The molecule has 6 nitrogen and oxygen atoms in total. The molecule has 1 aromatic carbocycles. The van der Waals surface area contributed by atoms with E-state index in [9.17, 15) is 4.79 Å². The van der Waals surface area contributed by atoms with E-state index in [0.29, 0.717) is 41.5 Å². The van der Waals surface area contributed by atoms with Crippen molar-refractivity contribution in [3.63, 3.8) is 0 Å². The number of hydrogen-bond acceptors (Lipinski definition) is 6. The molecule has 0 bridgehead atoms. The summed E-state index contributed by atoms with van der Waals surface area (Å²) in [6.45, 7) is 6.64. The zero-order chi connectivity index (χ0) is 20.4. The molecule has 0 saturated carbocycles. The summed E-state index contributed by atoms with van der Waals surface area (Å²) in [5, 5.41) is 1.78. The number of H-pyrrole nitrogens is 1. The molecule has 0 aliphatic carbocycles. The van der Waals surface area contributed by atoms with Crippen molar-refractivity contribution in [2.75, 3.05) is 6.61 Å². The molecule has 29 heavy (non-hydrogen) atoms. The highest BCUT2D eigenvalue weighted by Gasteiger charge is 2.22. The average Bonchev–Trinajstić information content (AvgIpc) is 3.29. The fourth-order valence-electron chi connectivity index (χ4n) is 3.24. The molecule has 0 fully saturated rings. The molecule has 0 unspecified atom stereocenters. The third-order valence-corrected chi connectivity index (χ3v) is 5.61. The summed E-state index contributed by atoms with van der Waals surface area (Å²) in [6.07, 6.45) is 3.38. The molecule has 148 valence electrons. The van der Waals surface area contributed by atoms with Crippen LogP contribution >= 0.6 is 11.3 Å². The van der Waals surface area contributed by atoms with Crippen molar-refractivity contribution < 1.29 is 14.3 Å². The number of carbonyl (C=O) groups excluding carboxylic acids is 1. The van der Waals surface area contributed by atoms with Gasteiger partial charge in [-0.05, 0) is 45.0 Å². The molecular formula is C22H21N3O3S. The Morgan fingerprint density at radius 2 is 2.00 bits per heavy atom. The molecule has 0 aliphatic heterocycles. The van der Waals surface area contributed by atoms with Crippen molar-refractivity contribution in [2.45, 2.75) is 27.4 Å². The average molecular weight is 407 g/mol. The highest BCUT2D eigenvalue weighted by molar-refractivity contribution is 7.11. The fraction of sp³-hybridized carbons (Fsp3) is 0.227. The van der Waals surface area contributed by atoms with Crippen LogP contribution in [0.5, 0.6) is 11.5 Å². The van der Waals surface area contributed by atoms with E-state index in [1.807, 2.05) is 45.0 Å². The number of rotatable bonds is 7. The molecular weight excluding hydrogens is 386 g/mol. The Labute approximate surface area is 172 Å². The molecule has 3 heterocycles. The number of ketones is 1. The number of hydrogen-bond donors (Lipinski definition) is 1. The molecule has 0 atom stereocenters. The Morgan fingerprint density at radius 1 is 1.14 bits per heavy atom. The predicted octanol–water partition coefficient (Wildman–Crippen LogP) is 4.84. The monoisotopic (exact) mass is 407 g/mol. The summed E-state index contributed by atoms with van der Waals surface area (Å²) in [4.78, 5) is 26.1. The highest BCUT2D eigenvalue weighted by Crippen LogP contribution is 2.35. The Morgan fingerprint density at radius 3 is 2.76 bits per heavy atom. The van der Waals surface area contributed by atoms with Crippen molar-refractivity contribution in [3.05, 3.63) is 69.4 Å². The van der Waals surface area contributed by atoms with Crippen LogP contribution in [0, 0.1) is 13.8 Å². The van der Waals surface area contributed by atoms with E-state index >= 15 is 0 Å². The minimum Gasteiger partial charge on any atom is -0.489 e. The summed E-state index contributed by atoms with van der Waals surface area (Å²) in [6, 6.07) is 9.08. The fourth-order valence-corrected chi connectivity index (χ4v) is 4.09. The van der Waals surface area contributed by atoms with Gasteiger partial charge in [-0.15, -0.1) is 11.3 Å². The molecule has 0 amide bonds. The minimum atomic E-state index is -0.136. The lowest BCUT2D eigenvalue weighted by molar-refractivity contribution is 0.103. The molecule has 1 N–H and O–H groups in total. The molecule has 0 saturated heterocycles. The molecule has 0 spiro atoms. The second-order valence-corrected chi connectivity index (χ2v) is 7.81. The number of aromatic amines is 1. The standard InChI is InChI=1S/C22H21N3O3S/c1-4-27-21-16(20(26)17-11-24-22-15(17)8-6-10-23-22)7-5-9-18(21)28-12-19-13(2)25-14(3)29-19/h5-11H,4,12H2,1-3H3,(H,23,24). The van der Waals surface area contributed by atoms with Crippen LogP contribution in [-0.2, 0) is 6.61 Å². The van der Waals surface area contributed by atoms with Crippen molar-refractivity contribution in [2.24, 2.45) is 0 Å². The zero-order valence-electron chi connectivity index (χ0n) is 16.5. The van der Waals surface area contributed by atoms with Crippen LogP contribution in [0.3, 0.4) is 0 Å². The Hall–Kier alpha value is -3.19. The summed E-state index contributed by atoms with van der Waals surface area (Å²) in [7, 11) is 0. The van der Waals surface area contributed by atoms with Gasteiger partial charge < -0.3 is 14.5 Å². The van der Waals surface area contributed by atoms with Crippen LogP contribution < -0.4 is 9.47 Å². The van der Waals surface area contributed by atoms with Crippen LogP contribution in [0.15, 0.2) is 42.7 Å². The largest absolute Gasteiger partial charge is 0.489 e. The maximum atomic E-state index is 13.3. The molecule has 4 rings (SSSR count). The topological polar surface area (TPSA) is 77.1 Å². The van der Waals surface area contributed by atoms with Gasteiger partial charge >= 0.3 is 0 Å². The van der Waals surface area contributed by atoms with Gasteiger partial charge in [0, 0.05) is 23.3 Å². The lowest BCUT2D eigenvalue weighted by Crippen LogP contribution is -2.07. The highest BCUT2D eigenvalue weighted by atomic mass is 32.1. The number of nitrogens with zero attached hydrogens (tertiary/aromatic N) is 2. The number of fused-ring (bicyclic) bond motifs is 1. The predicted molar refractivity (Wildman–Crippen MR) is 113 cm³/mol. The van der Waals surface area contributed by atoms with E-state index < -0.39 is 0 Å². The maximum absolute atomic E-state index is 13.3. The van der Waals surface area contributed by atoms with Gasteiger partial charge in [-0.2, -0.15) is 0 Å². The zero-order valence-corrected chi connectivity index (χ0v) is 17.3. The van der Waals surface area contributed by atoms with Gasteiger partial charge in [0.25, 0.3) is 0 Å². The number of para-hydroxylation sites is 1. The van der Waals surface area contributed by atoms with Crippen molar-refractivity contribution in [1.82, 2.24) is 15.0 Å². The number of carbonyl (C=O) groups is 1. The number of aromatic nitrogens is 3. The van der Waals surface area contributed by atoms with Crippen molar-refractivity contribution >= 4 is 28.2 Å².